The van der Waals surface area contributed by atoms with E-state index in [1.807, 2.05) is 48.5 Å². The number of H-pyrrole nitrogens is 1. The maximum absolute atomic E-state index is 5.65. The number of anilines is 2. The van der Waals surface area contributed by atoms with E-state index in [1.165, 1.54) is 5.56 Å². The van der Waals surface area contributed by atoms with Crippen molar-refractivity contribution in [2.75, 3.05) is 11.1 Å². The quantitative estimate of drug-likeness (QED) is 0.615. The molecule has 0 aliphatic heterocycles. The number of hydrogen-bond donors (Lipinski definition) is 3. The molecule has 3 aromatic rings. The van der Waals surface area contributed by atoms with Crippen molar-refractivity contribution >= 4 is 22.7 Å². The van der Waals surface area contributed by atoms with Crippen LogP contribution in [-0.2, 0) is 6.54 Å². The van der Waals surface area contributed by atoms with Crippen molar-refractivity contribution in [2.45, 2.75) is 6.54 Å². The summed E-state index contributed by atoms with van der Waals surface area (Å²) in [5.41, 5.74) is 9.61. The highest BCUT2D eigenvalue weighted by Crippen LogP contribution is 2.14. The Morgan fingerprint density at radius 1 is 1.06 bits per heavy atom. The number of imidazole rings is 1. The summed E-state index contributed by atoms with van der Waals surface area (Å²) in [7, 11) is 0. The number of nitrogens with zero attached hydrogens (tertiary/aromatic N) is 1. The molecule has 0 unspecified atom stereocenters. The van der Waals surface area contributed by atoms with Gasteiger partial charge in [0.1, 0.15) is 0 Å². The van der Waals surface area contributed by atoms with Crippen LogP contribution in [0.2, 0.25) is 0 Å². The molecule has 0 aliphatic carbocycles. The zero-order valence-electron chi connectivity index (χ0n) is 9.85. The summed E-state index contributed by atoms with van der Waals surface area (Å²) in [5.74, 6) is 0.785. The first-order valence-corrected chi connectivity index (χ1v) is 5.84. The van der Waals surface area contributed by atoms with Crippen LogP contribution < -0.4 is 11.1 Å². The summed E-state index contributed by atoms with van der Waals surface area (Å²) >= 11 is 0. The molecule has 2 aromatic carbocycles. The number of aromatic amines is 1. The molecule has 0 saturated carbocycles. The first kappa shape index (κ1) is 10.7. The van der Waals surface area contributed by atoms with Gasteiger partial charge < -0.3 is 16.0 Å². The predicted molar refractivity (Wildman–Crippen MR) is 74.3 cm³/mol. The van der Waals surface area contributed by atoms with Crippen LogP contribution in [0.15, 0.2) is 48.5 Å². The fraction of sp³-hybridized carbons (Fsp3) is 0.0714. The first-order chi connectivity index (χ1) is 8.81. The molecule has 0 bridgehead atoms. The summed E-state index contributed by atoms with van der Waals surface area (Å²) in [6, 6.07) is 15.8. The van der Waals surface area contributed by atoms with E-state index in [0.29, 0.717) is 0 Å². The van der Waals surface area contributed by atoms with Crippen molar-refractivity contribution < 1.29 is 0 Å². The number of hydrogen-bond acceptors (Lipinski definition) is 3. The molecule has 0 spiro atoms. The summed E-state index contributed by atoms with van der Waals surface area (Å²) in [5, 5.41) is 3.26. The first-order valence-electron chi connectivity index (χ1n) is 5.84. The van der Waals surface area contributed by atoms with E-state index in [9.17, 15) is 0 Å². The van der Waals surface area contributed by atoms with Crippen molar-refractivity contribution in [3.8, 4) is 0 Å². The second-order valence-electron chi connectivity index (χ2n) is 4.20. The Kier molecular flexibility index (Phi) is 2.61. The molecule has 0 aliphatic rings. The number of fused-ring (bicyclic) bond motifs is 1. The van der Waals surface area contributed by atoms with E-state index in [2.05, 4.69) is 15.3 Å². The Hall–Kier alpha value is -2.49. The minimum absolute atomic E-state index is 0.722. The third-order valence-corrected chi connectivity index (χ3v) is 2.83. The van der Waals surface area contributed by atoms with E-state index in [-0.39, 0.29) is 0 Å². The molecule has 0 radical (unpaired) electrons. The maximum Gasteiger partial charge on any atom is 0.201 e. The van der Waals surface area contributed by atoms with Gasteiger partial charge in [0.25, 0.3) is 0 Å². The van der Waals surface area contributed by atoms with Crippen molar-refractivity contribution in [1.82, 2.24) is 9.97 Å². The Labute approximate surface area is 105 Å². The summed E-state index contributed by atoms with van der Waals surface area (Å²) in [6.45, 7) is 0.722. The third kappa shape index (κ3) is 2.13. The van der Waals surface area contributed by atoms with Gasteiger partial charge in [0, 0.05) is 12.2 Å². The molecule has 3 rings (SSSR count). The molecular formula is C14H14N4. The van der Waals surface area contributed by atoms with Crippen LogP contribution in [0.4, 0.5) is 11.6 Å². The Bertz CT molecular complexity index is 622. The number of nitrogens with one attached hydrogen (secondary N) is 2. The molecule has 0 fully saturated rings. The van der Waals surface area contributed by atoms with Gasteiger partial charge in [0.2, 0.25) is 5.95 Å². The largest absolute Gasteiger partial charge is 0.399 e. The van der Waals surface area contributed by atoms with Gasteiger partial charge in [-0.15, -0.1) is 0 Å². The number of para-hydroxylation sites is 2. The van der Waals surface area contributed by atoms with Crippen LogP contribution in [-0.4, -0.2) is 9.97 Å². The molecule has 4 heteroatoms. The van der Waals surface area contributed by atoms with Gasteiger partial charge in [-0.05, 0) is 29.8 Å². The summed E-state index contributed by atoms with van der Waals surface area (Å²) in [4.78, 5) is 7.68. The number of benzene rings is 2. The second kappa shape index (κ2) is 4.41. The minimum atomic E-state index is 0.722. The van der Waals surface area contributed by atoms with Crippen molar-refractivity contribution in [1.29, 1.82) is 0 Å². The Balaban J connectivity index is 1.74. The summed E-state index contributed by atoms with van der Waals surface area (Å²) < 4.78 is 0. The molecule has 0 amide bonds. The molecular weight excluding hydrogens is 224 g/mol. The lowest BCUT2D eigenvalue weighted by Crippen LogP contribution is -2.00. The number of aromatic nitrogens is 2. The van der Waals surface area contributed by atoms with Gasteiger partial charge >= 0.3 is 0 Å². The second-order valence-corrected chi connectivity index (χ2v) is 4.20. The van der Waals surface area contributed by atoms with Crippen LogP contribution in [0.25, 0.3) is 11.0 Å². The minimum Gasteiger partial charge on any atom is -0.399 e. The third-order valence-electron chi connectivity index (χ3n) is 2.83. The van der Waals surface area contributed by atoms with E-state index >= 15 is 0 Å². The monoisotopic (exact) mass is 238 g/mol. The smallest absolute Gasteiger partial charge is 0.201 e. The molecule has 18 heavy (non-hydrogen) atoms. The topological polar surface area (TPSA) is 66.7 Å². The Morgan fingerprint density at radius 2 is 1.83 bits per heavy atom. The highest BCUT2D eigenvalue weighted by molar-refractivity contribution is 5.77. The highest BCUT2D eigenvalue weighted by Gasteiger charge is 2.00. The fourth-order valence-electron chi connectivity index (χ4n) is 1.86. The zero-order chi connectivity index (χ0) is 12.4. The lowest BCUT2D eigenvalue weighted by atomic mass is 10.2. The molecule has 1 heterocycles. The van der Waals surface area contributed by atoms with Crippen LogP contribution in [0.3, 0.4) is 0 Å². The lowest BCUT2D eigenvalue weighted by Gasteiger charge is -2.03. The molecule has 1 aromatic heterocycles. The normalized spacial score (nSPS) is 10.7. The van der Waals surface area contributed by atoms with E-state index in [4.69, 9.17) is 5.73 Å². The average Bonchev–Trinajstić information content (AvgIpc) is 2.81. The molecule has 0 saturated heterocycles. The SMILES string of the molecule is Nc1ccc(CNc2nc3ccccc3[nH]2)cc1. The molecule has 90 valence electrons. The number of nitrogen functional groups attached to an aromatic ring is 1. The van der Waals surface area contributed by atoms with Crippen molar-refractivity contribution in [3.63, 3.8) is 0 Å². The van der Waals surface area contributed by atoms with Gasteiger partial charge in [0.15, 0.2) is 0 Å². The van der Waals surface area contributed by atoms with Crippen LogP contribution in [0.1, 0.15) is 5.56 Å². The standard InChI is InChI=1S/C14H14N4/c15-11-7-5-10(6-8-11)9-16-14-17-12-3-1-2-4-13(12)18-14/h1-8H,9,15H2,(H2,16,17,18). The molecule has 4 N–H and O–H groups in total. The van der Waals surface area contributed by atoms with Gasteiger partial charge in [-0.2, -0.15) is 0 Å². The van der Waals surface area contributed by atoms with Crippen molar-refractivity contribution in [2.24, 2.45) is 0 Å². The molecule has 4 nitrogen and oxygen atoms in total. The van der Waals surface area contributed by atoms with Crippen LogP contribution >= 0.6 is 0 Å². The van der Waals surface area contributed by atoms with Crippen LogP contribution in [0.5, 0.6) is 0 Å². The maximum atomic E-state index is 5.65. The van der Waals surface area contributed by atoms with E-state index in [1.54, 1.807) is 0 Å². The zero-order valence-corrected chi connectivity index (χ0v) is 9.85. The molecule has 0 atom stereocenters. The van der Waals surface area contributed by atoms with Gasteiger partial charge in [0.05, 0.1) is 11.0 Å². The van der Waals surface area contributed by atoms with E-state index in [0.717, 1.165) is 29.2 Å². The fourth-order valence-corrected chi connectivity index (χ4v) is 1.86. The highest BCUT2D eigenvalue weighted by atomic mass is 15.1. The van der Waals surface area contributed by atoms with Crippen LogP contribution in [0, 0.1) is 0 Å². The average molecular weight is 238 g/mol. The number of nitrogens with two attached hydrogens (primary N) is 1. The van der Waals surface area contributed by atoms with Gasteiger partial charge in [-0.25, -0.2) is 4.98 Å². The summed E-state index contributed by atoms with van der Waals surface area (Å²) in [6.07, 6.45) is 0. The van der Waals surface area contributed by atoms with Gasteiger partial charge in [-0.1, -0.05) is 24.3 Å². The van der Waals surface area contributed by atoms with Crippen molar-refractivity contribution in [3.05, 3.63) is 54.1 Å². The lowest BCUT2D eigenvalue weighted by molar-refractivity contribution is 1.10. The van der Waals surface area contributed by atoms with Gasteiger partial charge in [-0.3, -0.25) is 0 Å². The van der Waals surface area contributed by atoms with E-state index < -0.39 is 0 Å². The number of rotatable bonds is 3. The Morgan fingerprint density at radius 3 is 2.61 bits per heavy atom. The predicted octanol–water partition coefficient (Wildman–Crippen LogP) is 2.76.